The number of ether oxygens (including phenoxy) is 1. The van der Waals surface area contributed by atoms with Gasteiger partial charge in [-0.3, -0.25) is 4.57 Å². The van der Waals surface area contributed by atoms with E-state index in [-0.39, 0.29) is 36.7 Å². The maximum Gasteiger partial charge on any atom is 0.420 e. The Bertz CT molecular complexity index is 1820. The monoisotopic (exact) mass is 680 g/mol. The molecule has 48 heavy (non-hydrogen) atoms. The van der Waals surface area contributed by atoms with Crippen LogP contribution in [-0.2, 0) is 23.6 Å². The van der Waals surface area contributed by atoms with Gasteiger partial charge in [0.05, 0.1) is 41.2 Å². The molecule has 258 valence electrons. The van der Waals surface area contributed by atoms with Gasteiger partial charge in [0.15, 0.2) is 5.76 Å². The van der Waals surface area contributed by atoms with Gasteiger partial charge in [0, 0.05) is 35.5 Å². The second-order valence-electron chi connectivity index (χ2n) is 11.6. The minimum absolute atomic E-state index is 0.0119. The Labute approximate surface area is 271 Å². The van der Waals surface area contributed by atoms with Gasteiger partial charge in [-0.15, -0.1) is 0 Å². The lowest BCUT2D eigenvalue weighted by atomic mass is 9.93. The van der Waals surface area contributed by atoms with Gasteiger partial charge in [-0.2, -0.15) is 26.3 Å². The molecule has 1 fully saturated rings. The van der Waals surface area contributed by atoms with Crippen molar-refractivity contribution in [1.82, 2.24) is 14.7 Å². The van der Waals surface area contributed by atoms with Gasteiger partial charge in [0.1, 0.15) is 5.82 Å². The number of carbonyl (C=O) groups excluding carboxylic acids is 1. The third-order valence-electron chi connectivity index (χ3n) is 8.50. The highest BCUT2D eigenvalue weighted by molar-refractivity contribution is 5.95. The lowest BCUT2D eigenvalue weighted by Gasteiger charge is -2.35. The van der Waals surface area contributed by atoms with Crippen LogP contribution in [0.5, 0.6) is 0 Å². The van der Waals surface area contributed by atoms with Gasteiger partial charge < -0.3 is 18.6 Å². The van der Waals surface area contributed by atoms with Crippen LogP contribution in [0, 0.1) is 13.8 Å². The van der Waals surface area contributed by atoms with Crippen molar-refractivity contribution < 1.29 is 44.8 Å². The topological polar surface area (TPSA) is 104 Å². The van der Waals surface area contributed by atoms with E-state index in [1.807, 2.05) is 6.92 Å². The first-order chi connectivity index (χ1) is 22.6. The molecule has 0 spiro atoms. The van der Waals surface area contributed by atoms with Gasteiger partial charge in [-0.1, -0.05) is 24.4 Å². The molecular formula is C33H34F6N4O5. The molecule has 0 bridgehead atoms. The van der Waals surface area contributed by atoms with E-state index in [1.165, 1.54) is 6.92 Å². The van der Waals surface area contributed by atoms with Gasteiger partial charge in [0.25, 0.3) is 5.76 Å². The van der Waals surface area contributed by atoms with Crippen molar-refractivity contribution in [1.29, 1.82) is 0 Å². The quantitative estimate of drug-likeness (QED) is 0.129. The molecule has 3 heterocycles. The van der Waals surface area contributed by atoms with Crippen LogP contribution in [0.2, 0.25) is 0 Å². The average Bonchev–Trinajstić information content (AvgIpc) is 3.56. The number of nitrogens with zero attached hydrogens (tertiary/aromatic N) is 4. The molecule has 0 N–H and O–H groups in total. The first-order valence-corrected chi connectivity index (χ1v) is 15.5. The molecule has 0 atom stereocenters. The van der Waals surface area contributed by atoms with Crippen molar-refractivity contribution in [2.24, 2.45) is 0 Å². The number of hydrogen-bond donors (Lipinski definition) is 0. The molecule has 15 heteroatoms. The lowest BCUT2D eigenvalue weighted by Crippen LogP contribution is -2.38. The number of esters is 1. The number of halogens is 6. The van der Waals surface area contributed by atoms with E-state index in [1.54, 1.807) is 26.1 Å². The number of benzene rings is 1. The summed E-state index contributed by atoms with van der Waals surface area (Å²) in [6, 6.07) is 2.91. The highest BCUT2D eigenvalue weighted by Crippen LogP contribution is 2.40. The molecule has 0 aliphatic heterocycles. The van der Waals surface area contributed by atoms with E-state index in [4.69, 9.17) is 18.7 Å². The fourth-order valence-corrected chi connectivity index (χ4v) is 6.22. The Morgan fingerprint density at radius 1 is 0.979 bits per heavy atom. The van der Waals surface area contributed by atoms with Crippen molar-refractivity contribution in [2.75, 3.05) is 18.1 Å². The summed E-state index contributed by atoms with van der Waals surface area (Å²) in [5, 5.41) is 3.93. The smallest absolute Gasteiger partial charge is 0.420 e. The Morgan fingerprint density at radius 3 is 2.21 bits per heavy atom. The minimum Gasteiger partial charge on any atom is -0.460 e. The summed E-state index contributed by atoms with van der Waals surface area (Å²) in [5.74, 6) is -1.76. The number of carbonyl (C=O) groups is 1. The molecular weight excluding hydrogens is 646 g/mol. The average molecular weight is 681 g/mol. The van der Waals surface area contributed by atoms with Crippen molar-refractivity contribution in [2.45, 2.75) is 84.7 Å². The summed E-state index contributed by atoms with van der Waals surface area (Å²) in [5.41, 5.74) is -1.97. The molecule has 1 aliphatic rings. The Hall–Kier alpha value is -4.56. The van der Waals surface area contributed by atoms with Crippen LogP contribution >= 0.6 is 0 Å². The van der Waals surface area contributed by atoms with E-state index >= 15 is 0 Å². The first kappa shape index (κ1) is 34.8. The Balaban J connectivity index is 1.65. The third kappa shape index (κ3) is 6.99. The molecule has 1 aromatic carbocycles. The van der Waals surface area contributed by atoms with Crippen LogP contribution in [0.15, 0.2) is 44.2 Å². The van der Waals surface area contributed by atoms with Crippen LogP contribution in [0.4, 0.5) is 32.2 Å². The number of aryl methyl sites for hydroxylation is 1. The summed E-state index contributed by atoms with van der Waals surface area (Å²) in [6.07, 6.45) is -3.62. The summed E-state index contributed by atoms with van der Waals surface area (Å²) in [7, 11) is 0. The summed E-state index contributed by atoms with van der Waals surface area (Å²) < 4.78 is 98.6. The highest BCUT2D eigenvalue weighted by atomic mass is 19.4. The maximum absolute atomic E-state index is 13.6. The van der Waals surface area contributed by atoms with Gasteiger partial charge in [-0.25, -0.2) is 14.6 Å². The molecule has 1 saturated carbocycles. The third-order valence-corrected chi connectivity index (χ3v) is 8.50. The Kier molecular flexibility index (Phi) is 9.79. The molecule has 3 aromatic heterocycles. The molecule has 0 unspecified atom stereocenters. The van der Waals surface area contributed by atoms with E-state index in [9.17, 15) is 35.9 Å². The molecule has 0 amide bonds. The highest BCUT2D eigenvalue weighted by Gasteiger charge is 2.38. The zero-order valence-electron chi connectivity index (χ0n) is 26.7. The van der Waals surface area contributed by atoms with Crippen molar-refractivity contribution in [3.63, 3.8) is 0 Å². The van der Waals surface area contributed by atoms with E-state index in [0.29, 0.717) is 46.9 Å². The largest absolute Gasteiger partial charge is 0.460 e. The van der Waals surface area contributed by atoms with Crippen LogP contribution < -0.4 is 10.7 Å². The van der Waals surface area contributed by atoms with Gasteiger partial charge in [0.2, 0.25) is 0 Å². The minimum atomic E-state index is -5.08. The second-order valence-corrected chi connectivity index (χ2v) is 11.6. The van der Waals surface area contributed by atoms with Crippen molar-refractivity contribution in [3.8, 4) is 22.5 Å². The van der Waals surface area contributed by atoms with Crippen molar-refractivity contribution >= 4 is 11.8 Å². The zero-order chi connectivity index (χ0) is 35.0. The van der Waals surface area contributed by atoms with E-state index < -0.39 is 46.5 Å². The maximum atomic E-state index is 13.6. The molecule has 4 aromatic rings. The molecule has 0 radical (unpaired) electrons. The van der Waals surface area contributed by atoms with Crippen molar-refractivity contribution in [3.05, 3.63) is 74.9 Å². The predicted molar refractivity (Wildman–Crippen MR) is 163 cm³/mol. The summed E-state index contributed by atoms with van der Waals surface area (Å²) in [6.45, 7) is 7.09. The molecule has 0 saturated heterocycles. The predicted octanol–water partition coefficient (Wildman–Crippen LogP) is 8.20. The number of rotatable bonds is 9. The number of pyridine rings is 1. The second kappa shape index (κ2) is 13.5. The fraction of sp³-hybridized carbons (Fsp3) is 0.455. The number of hydrogen-bond acceptors (Lipinski definition) is 8. The molecule has 1 aliphatic carbocycles. The number of alkyl halides is 6. The summed E-state index contributed by atoms with van der Waals surface area (Å²) in [4.78, 5) is 32.8. The van der Waals surface area contributed by atoms with Crippen LogP contribution in [0.3, 0.4) is 0 Å². The Morgan fingerprint density at radius 2 is 1.62 bits per heavy atom. The molecule has 5 rings (SSSR count). The lowest BCUT2D eigenvalue weighted by molar-refractivity contribution is -0.143. The molecule has 9 nitrogen and oxygen atoms in total. The SMILES string of the molecule is CCOC(=O)c1onc(C)c1-c1cnc(N(CC)C2CCCCC2)c(Cn2c(C)c(-c3cc(C(F)(F)F)cc(C(F)(F)F)c3)oc2=O)c1. The van der Waals surface area contributed by atoms with Crippen LogP contribution in [-0.4, -0.2) is 39.9 Å². The van der Waals surface area contributed by atoms with Gasteiger partial charge >= 0.3 is 24.1 Å². The standard InChI is InChI=1S/C33H34F6N4O5/c1-5-42(25-10-8-7-9-11-25)29-22(12-21(16-40-29)26-18(3)41-48-28(26)30(44)46-6-2)17-43-19(4)27(47-31(43)45)20-13-23(32(34,35)36)15-24(14-20)33(37,38)39/h12-16,25H,5-11,17H2,1-4H3. The van der Waals surface area contributed by atoms with Gasteiger partial charge in [-0.05, 0) is 64.8 Å². The van der Waals surface area contributed by atoms with Crippen LogP contribution in [0.25, 0.3) is 22.5 Å². The normalized spacial score (nSPS) is 14.4. The van der Waals surface area contributed by atoms with E-state index in [2.05, 4.69) is 10.1 Å². The number of anilines is 1. The van der Waals surface area contributed by atoms with Crippen LogP contribution in [0.1, 0.15) is 84.6 Å². The zero-order valence-corrected chi connectivity index (χ0v) is 26.7. The summed E-state index contributed by atoms with van der Waals surface area (Å²) >= 11 is 0. The number of oxazole rings is 1. The van der Waals surface area contributed by atoms with E-state index in [0.717, 1.165) is 36.7 Å². The fourth-order valence-electron chi connectivity index (χ4n) is 6.22. The first-order valence-electron chi connectivity index (χ1n) is 15.5. The number of aromatic nitrogens is 3.